The molecule has 0 atom stereocenters. The van der Waals surface area contributed by atoms with Crippen LogP contribution in [0.15, 0.2) is 23.4 Å². The maximum atomic E-state index is 12.1. The van der Waals surface area contributed by atoms with Crippen LogP contribution in [0.2, 0.25) is 10.0 Å². The quantitative estimate of drug-likeness (QED) is 0.808. The van der Waals surface area contributed by atoms with E-state index in [2.05, 4.69) is 20.8 Å². The molecule has 1 aliphatic carbocycles. The van der Waals surface area contributed by atoms with Crippen LogP contribution in [0.25, 0.3) is 0 Å². The third-order valence-electron chi connectivity index (χ3n) is 3.67. The van der Waals surface area contributed by atoms with Crippen LogP contribution in [0.4, 0.5) is 5.69 Å². The summed E-state index contributed by atoms with van der Waals surface area (Å²) in [6.07, 6.45) is 4.58. The predicted molar refractivity (Wildman–Crippen MR) is 91.1 cm³/mol. The van der Waals surface area contributed by atoms with Crippen LogP contribution in [0.5, 0.6) is 0 Å². The van der Waals surface area contributed by atoms with Gasteiger partial charge in [-0.3, -0.25) is 4.79 Å². The third kappa shape index (κ3) is 4.16. The minimum atomic E-state index is -0.144. The highest BCUT2D eigenvalue weighted by molar-refractivity contribution is 7.99. The van der Waals surface area contributed by atoms with Gasteiger partial charge in [0.15, 0.2) is 0 Å². The Morgan fingerprint density at radius 2 is 2.09 bits per heavy atom. The molecule has 1 aromatic heterocycles. The fourth-order valence-corrected chi connectivity index (χ4v) is 3.60. The lowest BCUT2D eigenvalue weighted by molar-refractivity contribution is -0.113. The molecule has 0 unspecified atom stereocenters. The average molecular weight is 372 g/mol. The summed E-state index contributed by atoms with van der Waals surface area (Å²) in [5.74, 6) is 0.0854. The van der Waals surface area contributed by atoms with E-state index in [-0.39, 0.29) is 11.7 Å². The number of carbonyl (C=O) groups is 1. The van der Waals surface area contributed by atoms with E-state index in [4.69, 9.17) is 23.2 Å². The van der Waals surface area contributed by atoms with Gasteiger partial charge in [-0.15, -0.1) is 5.10 Å². The van der Waals surface area contributed by atoms with Gasteiger partial charge in [0.25, 0.3) is 0 Å². The van der Waals surface area contributed by atoms with Crippen LogP contribution >= 0.6 is 35.0 Å². The number of hydrogen-bond acceptors (Lipinski definition) is 5. The number of amides is 1. The number of carbonyl (C=O) groups excluding carboxylic acids is 1. The van der Waals surface area contributed by atoms with E-state index >= 15 is 0 Å². The number of aromatic nitrogens is 4. The minimum absolute atomic E-state index is 0.144. The Hall–Kier alpha value is -1.31. The van der Waals surface area contributed by atoms with E-state index in [1.165, 1.54) is 24.6 Å². The van der Waals surface area contributed by atoms with Crippen molar-refractivity contribution in [3.05, 3.63) is 28.2 Å². The average Bonchev–Trinajstić information content (AvgIpc) is 3.19. The lowest BCUT2D eigenvalue weighted by Crippen LogP contribution is -2.15. The van der Waals surface area contributed by atoms with Gasteiger partial charge in [-0.05, 0) is 41.5 Å². The molecule has 0 saturated heterocycles. The molecule has 1 saturated carbocycles. The third-order valence-corrected chi connectivity index (χ3v) is 5.34. The van der Waals surface area contributed by atoms with Crippen LogP contribution in [-0.2, 0) is 4.79 Å². The summed E-state index contributed by atoms with van der Waals surface area (Å²) in [5, 5.41) is 16.1. The van der Waals surface area contributed by atoms with Crippen molar-refractivity contribution in [1.29, 1.82) is 0 Å². The monoisotopic (exact) mass is 371 g/mol. The molecule has 1 heterocycles. The van der Waals surface area contributed by atoms with Gasteiger partial charge >= 0.3 is 0 Å². The van der Waals surface area contributed by atoms with E-state index in [1.807, 2.05) is 4.68 Å². The zero-order chi connectivity index (χ0) is 16.2. The number of nitrogens with zero attached hydrogens (tertiary/aromatic N) is 4. The summed E-state index contributed by atoms with van der Waals surface area (Å²) in [5.41, 5.74) is 0.611. The molecule has 1 fully saturated rings. The highest BCUT2D eigenvalue weighted by atomic mass is 35.5. The number of rotatable bonds is 5. The number of benzene rings is 1. The van der Waals surface area contributed by atoms with E-state index in [1.54, 1.807) is 18.2 Å². The van der Waals surface area contributed by atoms with Crippen LogP contribution < -0.4 is 5.32 Å². The topological polar surface area (TPSA) is 72.7 Å². The van der Waals surface area contributed by atoms with E-state index in [0.29, 0.717) is 26.9 Å². The minimum Gasteiger partial charge on any atom is -0.325 e. The van der Waals surface area contributed by atoms with E-state index < -0.39 is 0 Å². The molecule has 1 aromatic carbocycles. The Labute approximate surface area is 147 Å². The van der Waals surface area contributed by atoms with Crippen LogP contribution in [-0.4, -0.2) is 31.9 Å². The summed E-state index contributed by atoms with van der Waals surface area (Å²) in [7, 11) is 0. The second kappa shape index (κ2) is 7.51. The molecular formula is C14H15Cl2N5OS. The van der Waals surface area contributed by atoms with Gasteiger partial charge in [-0.1, -0.05) is 47.8 Å². The highest BCUT2D eigenvalue weighted by Crippen LogP contribution is 2.31. The largest absolute Gasteiger partial charge is 0.325 e. The number of anilines is 1. The van der Waals surface area contributed by atoms with Crippen LogP contribution in [0.3, 0.4) is 0 Å². The molecule has 6 nitrogen and oxygen atoms in total. The molecule has 1 amide bonds. The summed E-state index contributed by atoms with van der Waals surface area (Å²) < 4.78 is 1.84. The van der Waals surface area contributed by atoms with Crippen molar-refractivity contribution >= 4 is 46.6 Å². The molecule has 0 aliphatic heterocycles. The Kier molecular flexibility index (Phi) is 5.40. The zero-order valence-electron chi connectivity index (χ0n) is 12.2. The lowest BCUT2D eigenvalue weighted by Gasteiger charge is -2.10. The van der Waals surface area contributed by atoms with Gasteiger partial charge < -0.3 is 5.32 Å². The maximum Gasteiger partial charge on any atom is 0.234 e. The van der Waals surface area contributed by atoms with E-state index in [9.17, 15) is 4.79 Å². The van der Waals surface area contributed by atoms with Crippen molar-refractivity contribution in [3.8, 4) is 0 Å². The highest BCUT2D eigenvalue weighted by Gasteiger charge is 2.22. The zero-order valence-corrected chi connectivity index (χ0v) is 14.5. The summed E-state index contributed by atoms with van der Waals surface area (Å²) >= 11 is 13.1. The second-order valence-corrected chi connectivity index (χ2v) is 7.07. The number of hydrogen-bond donors (Lipinski definition) is 1. The lowest BCUT2D eigenvalue weighted by atomic mass is 10.3. The Morgan fingerprint density at radius 3 is 2.83 bits per heavy atom. The molecule has 9 heteroatoms. The Bertz CT molecular complexity index is 702. The number of halogens is 2. The summed E-state index contributed by atoms with van der Waals surface area (Å²) in [4.78, 5) is 12.1. The van der Waals surface area contributed by atoms with Crippen molar-refractivity contribution < 1.29 is 4.79 Å². The SMILES string of the molecule is O=C(CSc1nnnn1C1CCCC1)Nc1ccc(Cl)c(Cl)c1. The second-order valence-electron chi connectivity index (χ2n) is 5.31. The normalized spacial score (nSPS) is 15.0. The van der Waals surface area contributed by atoms with Gasteiger partial charge in [0.05, 0.1) is 21.8 Å². The van der Waals surface area contributed by atoms with Gasteiger partial charge in [-0.25, -0.2) is 4.68 Å². The van der Waals surface area contributed by atoms with Crippen molar-refractivity contribution in [2.45, 2.75) is 36.9 Å². The predicted octanol–water partition coefficient (Wildman–Crippen LogP) is 3.83. The smallest absolute Gasteiger partial charge is 0.234 e. The fraction of sp³-hybridized carbons (Fsp3) is 0.429. The van der Waals surface area contributed by atoms with Gasteiger partial charge in [-0.2, -0.15) is 0 Å². The Balaban J connectivity index is 1.57. The number of tetrazole rings is 1. The van der Waals surface area contributed by atoms with E-state index in [0.717, 1.165) is 12.8 Å². The van der Waals surface area contributed by atoms with Crippen LogP contribution in [0, 0.1) is 0 Å². The summed E-state index contributed by atoms with van der Waals surface area (Å²) in [6.45, 7) is 0. The maximum absolute atomic E-state index is 12.1. The first-order valence-corrected chi connectivity index (χ1v) is 9.03. The molecule has 0 radical (unpaired) electrons. The van der Waals surface area contributed by atoms with Crippen LogP contribution in [0.1, 0.15) is 31.7 Å². The molecule has 0 bridgehead atoms. The first-order chi connectivity index (χ1) is 11.1. The van der Waals surface area contributed by atoms with Crippen molar-refractivity contribution in [1.82, 2.24) is 20.2 Å². The van der Waals surface area contributed by atoms with Gasteiger partial charge in [0, 0.05) is 5.69 Å². The van der Waals surface area contributed by atoms with Crippen molar-refractivity contribution in [2.75, 3.05) is 11.1 Å². The number of nitrogens with one attached hydrogen (secondary N) is 1. The molecule has 2 aromatic rings. The number of thioether (sulfide) groups is 1. The molecule has 122 valence electrons. The Morgan fingerprint density at radius 1 is 1.30 bits per heavy atom. The molecule has 1 N–H and O–H groups in total. The van der Waals surface area contributed by atoms with Gasteiger partial charge in [0.1, 0.15) is 0 Å². The molecule has 1 aliphatic rings. The molecular weight excluding hydrogens is 357 g/mol. The van der Waals surface area contributed by atoms with Gasteiger partial charge in [0.2, 0.25) is 11.1 Å². The van der Waals surface area contributed by atoms with Crippen molar-refractivity contribution in [2.24, 2.45) is 0 Å². The van der Waals surface area contributed by atoms with Crippen molar-refractivity contribution in [3.63, 3.8) is 0 Å². The molecule has 3 rings (SSSR count). The first-order valence-electron chi connectivity index (χ1n) is 7.29. The summed E-state index contributed by atoms with van der Waals surface area (Å²) in [6, 6.07) is 5.33. The molecule has 23 heavy (non-hydrogen) atoms. The molecule has 0 spiro atoms. The standard InChI is InChI=1S/C14H15Cl2N5OS/c15-11-6-5-9(7-12(11)16)17-13(22)8-23-14-18-19-20-21(14)10-3-1-2-4-10/h5-7,10H,1-4,8H2,(H,17,22). The first kappa shape index (κ1) is 16.5. The fourth-order valence-electron chi connectivity index (χ4n) is 2.56.